The zero-order chi connectivity index (χ0) is 21.4. The number of ether oxygens (including phenoxy) is 1. The molecule has 1 atom stereocenters. The number of rotatable bonds is 9. The number of nitrogens with one attached hydrogen (secondary N) is 2. The summed E-state index contributed by atoms with van der Waals surface area (Å²) in [7, 11) is -3.82. The average Bonchev–Trinajstić information content (AvgIpc) is 2.75. The van der Waals surface area contributed by atoms with E-state index >= 15 is 0 Å². The van der Waals surface area contributed by atoms with Crippen molar-refractivity contribution in [2.75, 3.05) is 39.4 Å². The highest BCUT2D eigenvalue weighted by molar-refractivity contribution is 7.89. The molecule has 162 valence electrons. The molecule has 0 spiro atoms. The van der Waals surface area contributed by atoms with Crippen molar-refractivity contribution in [1.82, 2.24) is 14.9 Å². The first-order valence-corrected chi connectivity index (χ1v) is 11.6. The van der Waals surface area contributed by atoms with Crippen LogP contribution in [0.15, 0.2) is 59.5 Å². The molecule has 8 heteroatoms. The quantitative estimate of drug-likeness (QED) is 0.626. The number of sulfonamides is 1. The number of benzene rings is 2. The lowest BCUT2D eigenvalue weighted by molar-refractivity contribution is -0.122. The molecular formula is C22H29N3O4S. The van der Waals surface area contributed by atoms with Crippen LogP contribution >= 0.6 is 0 Å². The third-order valence-corrected chi connectivity index (χ3v) is 6.55. The smallest absolute Gasteiger partial charge is 0.241 e. The lowest BCUT2D eigenvalue weighted by atomic mass is 10.1. The fraction of sp³-hybridized carbons (Fsp3) is 0.409. The van der Waals surface area contributed by atoms with Gasteiger partial charge in [-0.25, -0.2) is 8.42 Å². The molecule has 0 radical (unpaired) electrons. The maximum atomic E-state index is 12.9. The number of hydrogen-bond donors (Lipinski definition) is 2. The molecule has 0 bridgehead atoms. The Hall–Kier alpha value is -2.26. The fourth-order valence-corrected chi connectivity index (χ4v) is 4.49. The summed E-state index contributed by atoms with van der Waals surface area (Å²) in [5, 5.41) is 2.89. The van der Waals surface area contributed by atoms with E-state index in [-0.39, 0.29) is 17.2 Å². The summed E-state index contributed by atoms with van der Waals surface area (Å²) in [6.45, 7) is 6.12. The predicted octanol–water partition coefficient (Wildman–Crippen LogP) is 1.33. The number of aryl methyl sites for hydroxylation is 1. The van der Waals surface area contributed by atoms with Gasteiger partial charge < -0.3 is 10.1 Å². The van der Waals surface area contributed by atoms with Crippen LogP contribution < -0.4 is 10.0 Å². The van der Waals surface area contributed by atoms with Gasteiger partial charge in [-0.05, 0) is 31.0 Å². The molecule has 7 nitrogen and oxygen atoms in total. The molecule has 1 fully saturated rings. The minimum atomic E-state index is -3.82. The van der Waals surface area contributed by atoms with E-state index in [4.69, 9.17) is 4.74 Å². The summed E-state index contributed by atoms with van der Waals surface area (Å²) in [6, 6.07) is 15.1. The highest BCUT2D eigenvalue weighted by Gasteiger charge is 2.26. The monoisotopic (exact) mass is 431 g/mol. The molecule has 1 heterocycles. The summed E-state index contributed by atoms with van der Waals surface area (Å²) in [6.07, 6.45) is 0.273. The molecule has 0 saturated carbocycles. The van der Waals surface area contributed by atoms with Crippen molar-refractivity contribution >= 4 is 15.9 Å². The Morgan fingerprint density at radius 1 is 1.07 bits per heavy atom. The molecule has 1 aliphatic heterocycles. The van der Waals surface area contributed by atoms with Crippen molar-refractivity contribution in [2.24, 2.45) is 0 Å². The number of nitrogens with zero attached hydrogens (tertiary/aromatic N) is 1. The van der Waals surface area contributed by atoms with Crippen molar-refractivity contribution in [3.05, 3.63) is 65.7 Å². The summed E-state index contributed by atoms with van der Waals surface area (Å²) in [5.74, 6) is -0.331. The summed E-state index contributed by atoms with van der Waals surface area (Å²) in [5.41, 5.74) is 1.85. The lowest BCUT2D eigenvalue weighted by Crippen LogP contribution is -2.49. The van der Waals surface area contributed by atoms with Crippen molar-refractivity contribution in [2.45, 2.75) is 24.3 Å². The standard InChI is InChI=1S/C22H29N3O4S/c1-18-7-9-20(10-8-18)30(27,28)24-21(17-19-5-3-2-4-6-19)22(26)23-11-12-25-13-15-29-16-14-25/h2-10,21,24H,11-17H2,1H3,(H,23,26)/t21-/m0/s1. The van der Waals surface area contributed by atoms with Crippen molar-refractivity contribution < 1.29 is 17.9 Å². The van der Waals surface area contributed by atoms with E-state index in [0.717, 1.165) is 24.2 Å². The first kappa shape index (κ1) is 22.4. The van der Waals surface area contributed by atoms with Gasteiger partial charge in [0.15, 0.2) is 0 Å². The molecule has 1 aliphatic rings. The van der Waals surface area contributed by atoms with Gasteiger partial charge >= 0.3 is 0 Å². The largest absolute Gasteiger partial charge is 0.379 e. The van der Waals surface area contributed by atoms with Crippen LogP contribution in [0.2, 0.25) is 0 Å². The molecule has 0 aromatic heterocycles. The normalized spacial score (nSPS) is 16.2. The summed E-state index contributed by atoms with van der Waals surface area (Å²) in [4.78, 5) is 15.2. The van der Waals surface area contributed by atoms with Crippen LogP contribution in [0.25, 0.3) is 0 Å². The Balaban J connectivity index is 1.67. The van der Waals surface area contributed by atoms with E-state index in [1.807, 2.05) is 37.3 Å². The van der Waals surface area contributed by atoms with Crippen molar-refractivity contribution in [3.8, 4) is 0 Å². The third kappa shape index (κ3) is 6.63. The second-order valence-electron chi connectivity index (χ2n) is 7.42. The number of carbonyl (C=O) groups excluding carboxylic acids is 1. The predicted molar refractivity (Wildman–Crippen MR) is 116 cm³/mol. The molecule has 0 aliphatic carbocycles. The SMILES string of the molecule is Cc1ccc(S(=O)(=O)N[C@@H](Cc2ccccc2)C(=O)NCCN2CCOCC2)cc1. The number of hydrogen-bond acceptors (Lipinski definition) is 5. The molecule has 3 rings (SSSR count). The molecule has 2 aromatic rings. The Morgan fingerprint density at radius 3 is 2.40 bits per heavy atom. The minimum absolute atomic E-state index is 0.146. The number of carbonyl (C=O) groups is 1. The fourth-order valence-electron chi connectivity index (χ4n) is 3.30. The minimum Gasteiger partial charge on any atom is -0.379 e. The van der Waals surface area contributed by atoms with Crippen LogP contribution in [0, 0.1) is 6.92 Å². The molecule has 0 unspecified atom stereocenters. The Labute approximate surface area is 178 Å². The van der Waals surface area contributed by atoms with Crippen LogP contribution in [0.4, 0.5) is 0 Å². The first-order chi connectivity index (χ1) is 14.4. The van der Waals surface area contributed by atoms with Gasteiger partial charge in [-0.1, -0.05) is 48.0 Å². The molecule has 30 heavy (non-hydrogen) atoms. The summed E-state index contributed by atoms with van der Waals surface area (Å²) < 4.78 is 33.6. The Bertz CT molecular complexity index is 911. The van der Waals surface area contributed by atoms with Gasteiger partial charge in [0.1, 0.15) is 6.04 Å². The van der Waals surface area contributed by atoms with E-state index in [0.29, 0.717) is 26.3 Å². The average molecular weight is 432 g/mol. The van der Waals surface area contributed by atoms with Crippen LogP contribution in [0.1, 0.15) is 11.1 Å². The number of morpholine rings is 1. The van der Waals surface area contributed by atoms with Gasteiger partial charge in [-0.2, -0.15) is 4.72 Å². The van der Waals surface area contributed by atoms with Crippen molar-refractivity contribution in [1.29, 1.82) is 0 Å². The van der Waals surface area contributed by atoms with Gasteiger partial charge in [-0.15, -0.1) is 0 Å². The molecule has 2 N–H and O–H groups in total. The molecule has 1 amide bonds. The highest BCUT2D eigenvalue weighted by atomic mass is 32.2. The summed E-state index contributed by atoms with van der Waals surface area (Å²) >= 11 is 0. The van der Waals surface area contributed by atoms with Gasteiger partial charge in [0.25, 0.3) is 0 Å². The van der Waals surface area contributed by atoms with E-state index < -0.39 is 16.1 Å². The maximum Gasteiger partial charge on any atom is 0.241 e. The lowest BCUT2D eigenvalue weighted by Gasteiger charge is -2.27. The van der Waals surface area contributed by atoms with Gasteiger partial charge in [0.2, 0.25) is 15.9 Å². The van der Waals surface area contributed by atoms with E-state index in [2.05, 4.69) is 14.9 Å². The zero-order valence-corrected chi connectivity index (χ0v) is 18.0. The van der Waals surface area contributed by atoms with Crippen LogP contribution in [0.5, 0.6) is 0 Å². The third-order valence-electron chi connectivity index (χ3n) is 5.06. The molecule has 2 aromatic carbocycles. The maximum absolute atomic E-state index is 12.9. The highest BCUT2D eigenvalue weighted by Crippen LogP contribution is 2.12. The van der Waals surface area contributed by atoms with Gasteiger partial charge in [0.05, 0.1) is 18.1 Å². The van der Waals surface area contributed by atoms with Gasteiger partial charge in [0, 0.05) is 26.2 Å². The van der Waals surface area contributed by atoms with Crippen LogP contribution in [-0.4, -0.2) is 64.7 Å². The topological polar surface area (TPSA) is 87.7 Å². The van der Waals surface area contributed by atoms with Crippen LogP contribution in [0.3, 0.4) is 0 Å². The van der Waals surface area contributed by atoms with E-state index in [1.165, 1.54) is 0 Å². The van der Waals surface area contributed by atoms with Crippen molar-refractivity contribution in [3.63, 3.8) is 0 Å². The molecule has 1 saturated heterocycles. The Morgan fingerprint density at radius 2 is 1.73 bits per heavy atom. The first-order valence-electron chi connectivity index (χ1n) is 10.1. The van der Waals surface area contributed by atoms with Gasteiger partial charge in [-0.3, -0.25) is 9.69 Å². The van der Waals surface area contributed by atoms with E-state index in [1.54, 1.807) is 24.3 Å². The second-order valence-corrected chi connectivity index (χ2v) is 9.14. The second kappa shape index (κ2) is 10.7. The van der Waals surface area contributed by atoms with E-state index in [9.17, 15) is 13.2 Å². The van der Waals surface area contributed by atoms with Crippen LogP contribution in [-0.2, 0) is 26.0 Å². The number of amides is 1. The zero-order valence-electron chi connectivity index (χ0n) is 17.2. The molecular weight excluding hydrogens is 402 g/mol. The Kier molecular flexibility index (Phi) is 7.98.